The molecule has 2 heterocycles. The molecule has 1 atom stereocenters. The molecule has 2 aliphatic heterocycles. The van der Waals surface area contributed by atoms with Crippen molar-refractivity contribution in [3.8, 4) is 0 Å². The summed E-state index contributed by atoms with van der Waals surface area (Å²) < 4.78 is 19.7. The maximum absolute atomic E-state index is 14.3. The molecule has 0 amide bonds. The van der Waals surface area contributed by atoms with Crippen molar-refractivity contribution in [1.82, 2.24) is 5.32 Å². The van der Waals surface area contributed by atoms with Crippen LogP contribution in [-0.4, -0.2) is 32.8 Å². The molecule has 4 heteroatoms. The van der Waals surface area contributed by atoms with Crippen LogP contribution in [-0.2, 0) is 10.3 Å². The van der Waals surface area contributed by atoms with Crippen molar-refractivity contribution < 1.29 is 9.13 Å². The summed E-state index contributed by atoms with van der Waals surface area (Å²) in [7, 11) is 0. The highest BCUT2D eigenvalue weighted by atomic mass is 19.1. The van der Waals surface area contributed by atoms with E-state index in [2.05, 4.69) is 23.2 Å². The van der Waals surface area contributed by atoms with Gasteiger partial charge in [-0.15, -0.1) is 0 Å². The number of hydrogen-bond donors (Lipinski definition) is 1. The highest BCUT2D eigenvalue weighted by Gasteiger charge is 2.30. The summed E-state index contributed by atoms with van der Waals surface area (Å²) in [5.41, 5.74) is 1.69. The van der Waals surface area contributed by atoms with Gasteiger partial charge in [0, 0.05) is 18.6 Å². The van der Waals surface area contributed by atoms with Gasteiger partial charge in [-0.1, -0.05) is 6.07 Å². The topological polar surface area (TPSA) is 24.5 Å². The molecule has 0 aromatic heterocycles. The number of morpholine rings is 1. The fourth-order valence-corrected chi connectivity index (χ4v) is 3.05. The predicted octanol–water partition coefficient (Wildman–Crippen LogP) is 2.26. The third kappa shape index (κ3) is 2.47. The van der Waals surface area contributed by atoms with E-state index in [9.17, 15) is 4.39 Å². The molecular weight excluding hydrogens is 243 g/mol. The quantitative estimate of drug-likeness (QED) is 0.887. The Kier molecular flexibility index (Phi) is 3.46. The Hall–Kier alpha value is -1.13. The highest BCUT2D eigenvalue weighted by Crippen LogP contribution is 2.32. The van der Waals surface area contributed by atoms with Crippen LogP contribution in [0.15, 0.2) is 18.2 Å². The number of benzene rings is 1. The Morgan fingerprint density at radius 1 is 1.32 bits per heavy atom. The van der Waals surface area contributed by atoms with E-state index in [1.807, 2.05) is 6.07 Å². The Balaban J connectivity index is 1.85. The lowest BCUT2D eigenvalue weighted by molar-refractivity contribution is 0.122. The fourth-order valence-electron chi connectivity index (χ4n) is 3.05. The van der Waals surface area contributed by atoms with Crippen molar-refractivity contribution >= 4 is 5.69 Å². The van der Waals surface area contributed by atoms with Crippen LogP contribution in [0, 0.1) is 5.82 Å². The van der Waals surface area contributed by atoms with Crippen molar-refractivity contribution in [3.05, 3.63) is 29.6 Å². The maximum Gasteiger partial charge on any atom is 0.146 e. The molecule has 19 heavy (non-hydrogen) atoms. The molecule has 2 aliphatic rings. The molecule has 2 fully saturated rings. The van der Waals surface area contributed by atoms with Gasteiger partial charge in [0.15, 0.2) is 0 Å². The standard InChI is InChI=1S/C15H21FN2O/c1-15(5-2-6-17-15)12-3-4-14(13(16)11-12)18-7-9-19-10-8-18/h3-4,11,17H,2,5-10H2,1H3. The van der Waals surface area contributed by atoms with Crippen LogP contribution in [0.5, 0.6) is 0 Å². The summed E-state index contributed by atoms with van der Waals surface area (Å²) in [6.07, 6.45) is 2.23. The molecule has 1 unspecified atom stereocenters. The van der Waals surface area contributed by atoms with E-state index in [0.717, 1.165) is 38.0 Å². The van der Waals surface area contributed by atoms with Gasteiger partial charge in [0.2, 0.25) is 0 Å². The van der Waals surface area contributed by atoms with Crippen molar-refractivity contribution in [3.63, 3.8) is 0 Å². The van der Waals surface area contributed by atoms with Crippen molar-refractivity contribution in [2.75, 3.05) is 37.7 Å². The molecule has 3 nitrogen and oxygen atoms in total. The van der Waals surface area contributed by atoms with Crippen molar-refractivity contribution in [2.45, 2.75) is 25.3 Å². The summed E-state index contributed by atoms with van der Waals surface area (Å²) in [4.78, 5) is 2.06. The van der Waals surface area contributed by atoms with Gasteiger partial charge < -0.3 is 15.0 Å². The number of nitrogens with zero attached hydrogens (tertiary/aromatic N) is 1. The summed E-state index contributed by atoms with van der Waals surface area (Å²) >= 11 is 0. The normalized spacial score (nSPS) is 27.8. The van der Waals surface area contributed by atoms with Crippen LogP contribution in [0.4, 0.5) is 10.1 Å². The second-order valence-electron chi connectivity index (χ2n) is 5.63. The van der Waals surface area contributed by atoms with Crippen molar-refractivity contribution in [1.29, 1.82) is 0 Å². The average molecular weight is 264 g/mol. The van der Waals surface area contributed by atoms with Crippen LogP contribution in [0.2, 0.25) is 0 Å². The van der Waals surface area contributed by atoms with Gasteiger partial charge in [0.25, 0.3) is 0 Å². The molecule has 104 valence electrons. The zero-order valence-electron chi connectivity index (χ0n) is 11.4. The fraction of sp³-hybridized carbons (Fsp3) is 0.600. The number of halogens is 1. The minimum atomic E-state index is -0.116. The monoisotopic (exact) mass is 264 g/mol. The molecule has 3 rings (SSSR count). The van der Waals surface area contributed by atoms with Gasteiger partial charge >= 0.3 is 0 Å². The summed E-state index contributed by atoms with van der Waals surface area (Å²) in [6.45, 7) is 6.07. The van der Waals surface area contributed by atoms with Gasteiger partial charge in [0.05, 0.1) is 18.9 Å². The second-order valence-corrected chi connectivity index (χ2v) is 5.63. The number of rotatable bonds is 2. The van der Waals surface area contributed by atoms with Gasteiger partial charge in [-0.25, -0.2) is 4.39 Å². The first-order valence-electron chi connectivity index (χ1n) is 7.07. The van der Waals surface area contributed by atoms with E-state index >= 15 is 0 Å². The van der Waals surface area contributed by atoms with Crippen LogP contribution in [0.1, 0.15) is 25.3 Å². The third-order valence-corrected chi connectivity index (χ3v) is 4.31. The van der Waals surface area contributed by atoms with Gasteiger partial charge in [0.1, 0.15) is 5.82 Å². The van der Waals surface area contributed by atoms with Crippen LogP contribution >= 0.6 is 0 Å². The molecule has 0 spiro atoms. The molecular formula is C15H21FN2O. The molecule has 2 saturated heterocycles. The largest absolute Gasteiger partial charge is 0.378 e. The summed E-state index contributed by atoms with van der Waals surface area (Å²) in [5.74, 6) is -0.116. The van der Waals surface area contributed by atoms with Gasteiger partial charge in [-0.2, -0.15) is 0 Å². The lowest BCUT2D eigenvalue weighted by Gasteiger charge is -2.30. The van der Waals surface area contributed by atoms with E-state index in [1.54, 1.807) is 6.07 Å². The van der Waals surface area contributed by atoms with Gasteiger partial charge in [-0.3, -0.25) is 0 Å². The number of anilines is 1. The molecule has 1 aromatic rings. The van der Waals surface area contributed by atoms with E-state index in [0.29, 0.717) is 18.9 Å². The van der Waals surface area contributed by atoms with Crippen LogP contribution in [0.3, 0.4) is 0 Å². The maximum atomic E-state index is 14.3. The lowest BCUT2D eigenvalue weighted by atomic mass is 9.90. The highest BCUT2D eigenvalue weighted by molar-refractivity contribution is 5.50. The molecule has 0 saturated carbocycles. The minimum Gasteiger partial charge on any atom is -0.378 e. The predicted molar refractivity (Wildman–Crippen MR) is 74.0 cm³/mol. The average Bonchev–Trinajstić information content (AvgIpc) is 2.88. The summed E-state index contributed by atoms with van der Waals surface area (Å²) in [5, 5.41) is 3.48. The zero-order valence-corrected chi connectivity index (χ0v) is 11.4. The molecule has 0 aliphatic carbocycles. The minimum absolute atomic E-state index is 0.0651. The van der Waals surface area contributed by atoms with Crippen LogP contribution in [0.25, 0.3) is 0 Å². The van der Waals surface area contributed by atoms with Gasteiger partial charge in [-0.05, 0) is 44.0 Å². The van der Waals surface area contributed by atoms with E-state index < -0.39 is 0 Å². The first-order chi connectivity index (χ1) is 9.19. The molecule has 1 aromatic carbocycles. The number of ether oxygens (including phenoxy) is 1. The second kappa shape index (κ2) is 5.10. The van der Waals surface area contributed by atoms with E-state index in [-0.39, 0.29) is 11.4 Å². The third-order valence-electron chi connectivity index (χ3n) is 4.31. The number of nitrogens with one attached hydrogen (secondary N) is 1. The first kappa shape index (κ1) is 12.9. The SMILES string of the molecule is CC1(c2ccc(N3CCOCC3)c(F)c2)CCCN1. The van der Waals surface area contributed by atoms with Crippen LogP contribution < -0.4 is 10.2 Å². The molecule has 1 N–H and O–H groups in total. The Morgan fingerprint density at radius 3 is 2.74 bits per heavy atom. The van der Waals surface area contributed by atoms with E-state index in [4.69, 9.17) is 4.74 Å². The summed E-state index contributed by atoms with van der Waals surface area (Å²) in [6, 6.07) is 5.68. The number of hydrogen-bond acceptors (Lipinski definition) is 3. The zero-order chi connectivity index (χ0) is 13.3. The first-order valence-corrected chi connectivity index (χ1v) is 7.07. The lowest BCUT2D eigenvalue weighted by Crippen LogP contribution is -2.37. The Morgan fingerprint density at radius 2 is 2.11 bits per heavy atom. The smallest absolute Gasteiger partial charge is 0.146 e. The Bertz CT molecular complexity index is 451. The van der Waals surface area contributed by atoms with E-state index in [1.165, 1.54) is 0 Å². The molecule has 0 radical (unpaired) electrons. The van der Waals surface area contributed by atoms with Crippen molar-refractivity contribution in [2.24, 2.45) is 0 Å². The molecule has 0 bridgehead atoms. The Labute approximate surface area is 113 Å².